The van der Waals surface area contributed by atoms with E-state index in [1.165, 1.54) is 6.26 Å². The molecule has 1 aliphatic rings. The van der Waals surface area contributed by atoms with Crippen LogP contribution in [0.4, 0.5) is 0 Å². The van der Waals surface area contributed by atoms with Crippen molar-refractivity contribution < 1.29 is 13.9 Å². The summed E-state index contributed by atoms with van der Waals surface area (Å²) >= 11 is 0. The van der Waals surface area contributed by atoms with Crippen molar-refractivity contribution in [2.24, 2.45) is 4.99 Å². The topological polar surface area (TPSA) is 51.8 Å². The number of furan rings is 1. The van der Waals surface area contributed by atoms with E-state index < -0.39 is 5.97 Å². The van der Waals surface area contributed by atoms with Gasteiger partial charge in [-0.05, 0) is 36.3 Å². The summed E-state index contributed by atoms with van der Waals surface area (Å²) in [7, 11) is 0. The summed E-state index contributed by atoms with van der Waals surface area (Å²) in [6.07, 6.45) is 5.18. The summed E-state index contributed by atoms with van der Waals surface area (Å²) < 4.78 is 10.3. The molecule has 1 aromatic carbocycles. The van der Waals surface area contributed by atoms with E-state index in [4.69, 9.17) is 9.15 Å². The maximum absolute atomic E-state index is 11.8. The zero-order valence-electron chi connectivity index (χ0n) is 11.4. The van der Waals surface area contributed by atoms with Crippen LogP contribution in [0.3, 0.4) is 0 Å². The lowest BCUT2D eigenvalue weighted by molar-refractivity contribution is -0.130. The number of cyclic esters (lactones) is 1. The first-order valence-corrected chi connectivity index (χ1v) is 6.52. The molecule has 0 atom stereocenters. The molecular formula is C17H13NO3. The Hall–Kier alpha value is -2.88. The summed E-state index contributed by atoms with van der Waals surface area (Å²) in [5.74, 6) is 0.169. The van der Waals surface area contributed by atoms with Gasteiger partial charge in [-0.2, -0.15) is 0 Å². The molecule has 0 bridgehead atoms. The van der Waals surface area contributed by atoms with Gasteiger partial charge in [-0.3, -0.25) is 0 Å². The molecule has 1 aliphatic heterocycles. The Kier molecular flexibility index (Phi) is 3.51. The molecule has 0 radical (unpaired) electrons. The van der Waals surface area contributed by atoms with Gasteiger partial charge < -0.3 is 9.15 Å². The molecule has 0 amide bonds. The van der Waals surface area contributed by atoms with Gasteiger partial charge in [0.05, 0.1) is 6.26 Å². The third-order valence-electron chi connectivity index (χ3n) is 2.91. The zero-order valence-corrected chi connectivity index (χ0v) is 11.4. The largest absolute Gasteiger partial charge is 0.459 e. The zero-order chi connectivity index (χ0) is 14.7. The number of hydrogen-bond donors (Lipinski definition) is 0. The predicted molar refractivity (Wildman–Crippen MR) is 79.5 cm³/mol. The van der Waals surface area contributed by atoms with Gasteiger partial charge in [0.2, 0.25) is 0 Å². The van der Waals surface area contributed by atoms with Crippen LogP contribution in [0.25, 0.3) is 6.08 Å². The van der Waals surface area contributed by atoms with E-state index in [-0.39, 0.29) is 11.6 Å². The van der Waals surface area contributed by atoms with Crippen LogP contribution in [0, 0.1) is 0 Å². The fourth-order valence-electron chi connectivity index (χ4n) is 1.98. The van der Waals surface area contributed by atoms with Crippen molar-refractivity contribution in [2.75, 3.05) is 0 Å². The Morgan fingerprint density at radius 3 is 2.67 bits per heavy atom. The molecule has 1 aromatic heterocycles. The number of benzene rings is 1. The lowest BCUT2D eigenvalue weighted by Gasteiger charge is -1.95. The van der Waals surface area contributed by atoms with Crippen molar-refractivity contribution in [2.45, 2.75) is 6.92 Å². The second-order valence-electron chi connectivity index (χ2n) is 4.61. The molecule has 4 nitrogen and oxygen atoms in total. The Balaban J connectivity index is 1.86. The highest BCUT2D eigenvalue weighted by atomic mass is 16.6. The number of rotatable bonds is 3. The van der Waals surface area contributed by atoms with E-state index >= 15 is 0 Å². The van der Waals surface area contributed by atoms with Crippen LogP contribution in [0.2, 0.25) is 0 Å². The van der Waals surface area contributed by atoms with E-state index in [1.807, 2.05) is 43.3 Å². The van der Waals surface area contributed by atoms with Crippen LogP contribution in [0.15, 0.2) is 75.5 Å². The molecule has 2 heterocycles. The van der Waals surface area contributed by atoms with Crippen molar-refractivity contribution in [3.05, 3.63) is 77.4 Å². The summed E-state index contributed by atoms with van der Waals surface area (Å²) in [5, 5.41) is 0. The molecule has 21 heavy (non-hydrogen) atoms. The molecule has 0 N–H and O–H groups in total. The minimum absolute atomic E-state index is 0.198. The first-order chi connectivity index (χ1) is 10.2. The highest BCUT2D eigenvalue weighted by molar-refractivity contribution is 6.10. The number of aliphatic imine (C=N–C) groups is 1. The van der Waals surface area contributed by atoms with Crippen molar-refractivity contribution in [1.82, 2.24) is 0 Å². The maximum atomic E-state index is 11.8. The molecule has 0 saturated heterocycles. The molecule has 3 rings (SSSR count). The Bertz CT molecular complexity index is 738. The predicted octanol–water partition coefficient (Wildman–Crippen LogP) is 3.57. The summed E-state index contributed by atoms with van der Waals surface area (Å²) in [6.45, 7) is 1.91. The number of ether oxygens (including phenoxy) is 1. The van der Waals surface area contributed by atoms with Gasteiger partial charge in [-0.25, -0.2) is 9.79 Å². The van der Waals surface area contributed by atoms with Crippen molar-refractivity contribution >= 4 is 17.9 Å². The highest BCUT2D eigenvalue weighted by Gasteiger charge is 2.25. The van der Waals surface area contributed by atoms with Crippen molar-refractivity contribution in [3.8, 4) is 0 Å². The normalized spacial score (nSPS) is 17.0. The van der Waals surface area contributed by atoms with Crippen LogP contribution in [0.5, 0.6) is 0 Å². The van der Waals surface area contributed by atoms with Gasteiger partial charge in [-0.1, -0.05) is 36.4 Å². The fourth-order valence-corrected chi connectivity index (χ4v) is 1.98. The number of esters is 1. The number of carbonyl (C=O) groups is 1. The van der Waals surface area contributed by atoms with Gasteiger partial charge in [0, 0.05) is 0 Å². The molecular weight excluding hydrogens is 266 g/mol. The van der Waals surface area contributed by atoms with E-state index in [9.17, 15) is 4.79 Å². The maximum Gasteiger partial charge on any atom is 0.363 e. The first kappa shape index (κ1) is 13.1. The molecule has 104 valence electrons. The first-order valence-electron chi connectivity index (χ1n) is 6.52. The van der Waals surface area contributed by atoms with Gasteiger partial charge >= 0.3 is 5.97 Å². The number of carbonyl (C=O) groups excluding carboxylic acids is 1. The third kappa shape index (κ3) is 3.00. The smallest absolute Gasteiger partial charge is 0.363 e. The summed E-state index contributed by atoms with van der Waals surface area (Å²) in [4.78, 5) is 16.0. The second-order valence-corrected chi connectivity index (χ2v) is 4.61. The lowest BCUT2D eigenvalue weighted by Crippen LogP contribution is -2.04. The van der Waals surface area contributed by atoms with E-state index in [1.54, 1.807) is 18.2 Å². The van der Waals surface area contributed by atoms with Crippen molar-refractivity contribution in [3.63, 3.8) is 0 Å². The molecule has 4 heteroatoms. The van der Waals surface area contributed by atoms with Crippen LogP contribution >= 0.6 is 0 Å². The van der Waals surface area contributed by atoms with Gasteiger partial charge in [0.1, 0.15) is 0 Å². The molecule has 0 spiro atoms. The number of hydrogen-bond acceptors (Lipinski definition) is 4. The molecule has 0 saturated carbocycles. The van der Waals surface area contributed by atoms with Crippen molar-refractivity contribution in [1.29, 1.82) is 0 Å². The van der Waals surface area contributed by atoms with Gasteiger partial charge in [0.25, 0.3) is 5.90 Å². The van der Waals surface area contributed by atoms with Crippen LogP contribution in [0.1, 0.15) is 18.2 Å². The third-order valence-corrected chi connectivity index (χ3v) is 2.91. The monoisotopic (exact) mass is 279 g/mol. The van der Waals surface area contributed by atoms with Crippen LogP contribution in [-0.4, -0.2) is 11.9 Å². The standard InChI is InChI=1S/C17H13NO3/c1-12(10-13-6-3-2-4-7-13)11-14-17(19)21-16(18-14)15-8-5-9-20-15/h2-11H,1H3. The lowest BCUT2D eigenvalue weighted by atomic mass is 10.1. The summed E-state index contributed by atoms with van der Waals surface area (Å²) in [5.41, 5.74) is 2.25. The molecule has 0 fully saturated rings. The Morgan fingerprint density at radius 2 is 1.95 bits per heavy atom. The average molecular weight is 279 g/mol. The highest BCUT2D eigenvalue weighted by Crippen LogP contribution is 2.19. The quantitative estimate of drug-likeness (QED) is 0.637. The second kappa shape index (κ2) is 5.63. The molecule has 2 aromatic rings. The number of allylic oxidation sites excluding steroid dienone is 2. The van der Waals surface area contributed by atoms with Crippen LogP contribution in [-0.2, 0) is 9.53 Å². The average Bonchev–Trinajstić information content (AvgIpc) is 3.10. The SMILES string of the molecule is CC(=Cc1ccccc1)C=C1N=C(c2ccco2)OC1=O. The van der Waals surface area contributed by atoms with Crippen LogP contribution < -0.4 is 0 Å². The number of nitrogens with zero attached hydrogens (tertiary/aromatic N) is 1. The Labute approximate surface area is 122 Å². The molecule has 0 aliphatic carbocycles. The fraction of sp³-hybridized carbons (Fsp3) is 0.0588. The molecule has 0 unspecified atom stereocenters. The van der Waals surface area contributed by atoms with Gasteiger partial charge in [0.15, 0.2) is 11.5 Å². The Morgan fingerprint density at radius 1 is 1.14 bits per heavy atom. The van der Waals surface area contributed by atoms with E-state index in [2.05, 4.69) is 4.99 Å². The van der Waals surface area contributed by atoms with E-state index in [0.717, 1.165) is 11.1 Å². The van der Waals surface area contributed by atoms with Gasteiger partial charge in [-0.15, -0.1) is 0 Å². The van der Waals surface area contributed by atoms with E-state index in [0.29, 0.717) is 5.76 Å². The minimum atomic E-state index is -0.470. The summed E-state index contributed by atoms with van der Waals surface area (Å²) in [6, 6.07) is 13.3. The minimum Gasteiger partial charge on any atom is -0.459 e.